The maximum absolute atomic E-state index is 6.10. The number of hydrogen-bond acceptors (Lipinski definition) is 6. The zero-order valence-electron chi connectivity index (χ0n) is 11.2. The maximum atomic E-state index is 6.10. The number of halogens is 1. The van der Waals surface area contributed by atoms with Crippen LogP contribution in [0.5, 0.6) is 0 Å². The first-order valence-corrected chi connectivity index (χ1v) is 6.96. The third kappa shape index (κ3) is 2.40. The molecular formula is C12H16ClN7. The third-order valence-electron chi connectivity index (χ3n) is 3.65. The Morgan fingerprint density at radius 2 is 2.05 bits per heavy atom. The number of nitrogens with zero attached hydrogens (tertiary/aromatic N) is 5. The molecule has 7 nitrogen and oxygen atoms in total. The van der Waals surface area contributed by atoms with E-state index in [2.05, 4.69) is 35.4 Å². The van der Waals surface area contributed by atoms with Crippen molar-refractivity contribution in [2.75, 3.05) is 30.4 Å². The molecule has 2 aromatic heterocycles. The standard InChI is InChI=1S/C12H16ClN7/c1-14-9-10(13)15-6-17-12(9)20-4-2-8(3-5-20)11-16-7-18-19-11/h6-8,14H,2-5H2,1H3,(H,16,18,19). The van der Waals surface area contributed by atoms with E-state index in [1.165, 1.54) is 6.33 Å². The Morgan fingerprint density at radius 1 is 1.25 bits per heavy atom. The van der Waals surface area contributed by atoms with Gasteiger partial charge in [-0.3, -0.25) is 5.10 Å². The Balaban J connectivity index is 1.74. The van der Waals surface area contributed by atoms with Gasteiger partial charge in [0.25, 0.3) is 0 Å². The second kappa shape index (κ2) is 5.62. The lowest BCUT2D eigenvalue weighted by Crippen LogP contribution is -2.34. The van der Waals surface area contributed by atoms with E-state index in [1.807, 2.05) is 7.05 Å². The summed E-state index contributed by atoms with van der Waals surface area (Å²) in [5.74, 6) is 2.27. The first kappa shape index (κ1) is 13.1. The predicted octanol–water partition coefficient (Wildman–Crippen LogP) is 1.67. The van der Waals surface area contributed by atoms with Gasteiger partial charge in [-0.25, -0.2) is 15.0 Å². The summed E-state index contributed by atoms with van der Waals surface area (Å²) in [6, 6.07) is 0. The predicted molar refractivity (Wildman–Crippen MR) is 77.2 cm³/mol. The molecule has 3 heterocycles. The van der Waals surface area contributed by atoms with Crippen molar-refractivity contribution in [2.45, 2.75) is 18.8 Å². The van der Waals surface area contributed by atoms with E-state index in [0.29, 0.717) is 11.1 Å². The molecule has 0 aromatic carbocycles. The lowest BCUT2D eigenvalue weighted by Gasteiger charge is -2.32. The van der Waals surface area contributed by atoms with Crippen LogP contribution >= 0.6 is 11.6 Å². The third-order valence-corrected chi connectivity index (χ3v) is 3.93. The Hall–Kier alpha value is -1.89. The zero-order valence-corrected chi connectivity index (χ0v) is 11.9. The van der Waals surface area contributed by atoms with Crippen molar-refractivity contribution in [3.8, 4) is 0 Å². The van der Waals surface area contributed by atoms with Gasteiger partial charge >= 0.3 is 0 Å². The molecular weight excluding hydrogens is 278 g/mol. The molecule has 0 saturated carbocycles. The van der Waals surface area contributed by atoms with Crippen LogP contribution in [0.1, 0.15) is 24.6 Å². The molecule has 0 spiro atoms. The summed E-state index contributed by atoms with van der Waals surface area (Å²) in [4.78, 5) is 14.8. The topological polar surface area (TPSA) is 82.6 Å². The van der Waals surface area contributed by atoms with Crippen molar-refractivity contribution >= 4 is 23.1 Å². The molecule has 0 amide bonds. The van der Waals surface area contributed by atoms with Crippen LogP contribution in [0.15, 0.2) is 12.7 Å². The van der Waals surface area contributed by atoms with Gasteiger partial charge in [0.05, 0.1) is 0 Å². The van der Waals surface area contributed by atoms with E-state index < -0.39 is 0 Å². The summed E-state index contributed by atoms with van der Waals surface area (Å²) in [5.41, 5.74) is 0.785. The van der Waals surface area contributed by atoms with Gasteiger partial charge in [-0.05, 0) is 12.8 Å². The summed E-state index contributed by atoms with van der Waals surface area (Å²) in [6.07, 6.45) is 5.09. The molecule has 106 valence electrons. The first-order chi connectivity index (χ1) is 9.79. The molecule has 0 bridgehead atoms. The van der Waals surface area contributed by atoms with Gasteiger partial charge in [0, 0.05) is 26.1 Å². The van der Waals surface area contributed by atoms with Crippen molar-refractivity contribution in [3.63, 3.8) is 0 Å². The Bertz CT molecular complexity index is 563. The van der Waals surface area contributed by atoms with Crippen molar-refractivity contribution in [2.24, 2.45) is 0 Å². The number of H-pyrrole nitrogens is 1. The molecule has 3 rings (SSSR count). The summed E-state index contributed by atoms with van der Waals surface area (Å²) >= 11 is 6.10. The Kier molecular flexibility index (Phi) is 3.68. The van der Waals surface area contributed by atoms with Crippen LogP contribution in [-0.4, -0.2) is 45.3 Å². The van der Waals surface area contributed by atoms with Gasteiger partial charge in [0.2, 0.25) is 0 Å². The molecule has 1 saturated heterocycles. The number of hydrogen-bond donors (Lipinski definition) is 2. The minimum absolute atomic E-state index is 0.434. The van der Waals surface area contributed by atoms with Crippen LogP contribution < -0.4 is 10.2 Å². The molecule has 0 unspecified atom stereocenters. The number of aromatic amines is 1. The molecule has 2 aromatic rings. The van der Waals surface area contributed by atoms with Gasteiger partial charge in [-0.2, -0.15) is 5.10 Å². The lowest BCUT2D eigenvalue weighted by atomic mass is 9.96. The second-order valence-corrected chi connectivity index (χ2v) is 5.10. The van der Waals surface area contributed by atoms with Crippen LogP contribution in [0.4, 0.5) is 11.5 Å². The molecule has 1 fully saturated rings. The Labute approximate surface area is 121 Å². The number of piperidine rings is 1. The Morgan fingerprint density at radius 3 is 2.70 bits per heavy atom. The van der Waals surface area contributed by atoms with Crippen LogP contribution in [-0.2, 0) is 0 Å². The highest BCUT2D eigenvalue weighted by Gasteiger charge is 2.25. The average Bonchev–Trinajstić information content (AvgIpc) is 3.01. The number of anilines is 2. The van der Waals surface area contributed by atoms with Crippen molar-refractivity contribution in [1.82, 2.24) is 25.1 Å². The summed E-state index contributed by atoms with van der Waals surface area (Å²) in [7, 11) is 1.83. The van der Waals surface area contributed by atoms with E-state index in [1.54, 1.807) is 6.33 Å². The number of nitrogens with one attached hydrogen (secondary N) is 2. The van der Waals surface area contributed by atoms with Crippen molar-refractivity contribution in [1.29, 1.82) is 0 Å². The van der Waals surface area contributed by atoms with Crippen molar-refractivity contribution < 1.29 is 0 Å². The summed E-state index contributed by atoms with van der Waals surface area (Å²) in [6.45, 7) is 1.82. The van der Waals surface area contributed by atoms with Crippen LogP contribution in [0.25, 0.3) is 0 Å². The largest absolute Gasteiger partial charge is 0.383 e. The van der Waals surface area contributed by atoms with Gasteiger partial charge < -0.3 is 10.2 Å². The summed E-state index contributed by atoms with van der Waals surface area (Å²) < 4.78 is 0. The average molecular weight is 294 g/mol. The summed E-state index contributed by atoms with van der Waals surface area (Å²) in [5, 5.41) is 10.4. The number of aromatic nitrogens is 5. The monoisotopic (exact) mass is 293 g/mol. The first-order valence-electron chi connectivity index (χ1n) is 6.58. The lowest BCUT2D eigenvalue weighted by molar-refractivity contribution is 0.484. The zero-order chi connectivity index (χ0) is 13.9. The highest BCUT2D eigenvalue weighted by atomic mass is 35.5. The minimum Gasteiger partial charge on any atom is -0.383 e. The second-order valence-electron chi connectivity index (χ2n) is 4.75. The van der Waals surface area contributed by atoms with Crippen LogP contribution in [0, 0.1) is 0 Å². The SMILES string of the molecule is CNc1c(Cl)ncnc1N1CCC(c2ncn[nH]2)CC1. The van der Waals surface area contributed by atoms with Gasteiger partial charge in [0.15, 0.2) is 11.0 Å². The van der Waals surface area contributed by atoms with E-state index >= 15 is 0 Å². The fourth-order valence-electron chi connectivity index (χ4n) is 2.59. The number of rotatable bonds is 3. The molecule has 0 atom stereocenters. The molecule has 8 heteroatoms. The van der Waals surface area contributed by atoms with Crippen molar-refractivity contribution in [3.05, 3.63) is 23.6 Å². The molecule has 0 aliphatic carbocycles. The van der Waals surface area contributed by atoms with E-state index in [4.69, 9.17) is 11.6 Å². The normalized spacial score (nSPS) is 16.4. The minimum atomic E-state index is 0.434. The van der Waals surface area contributed by atoms with Gasteiger partial charge in [0.1, 0.15) is 24.2 Å². The van der Waals surface area contributed by atoms with Gasteiger partial charge in [-0.1, -0.05) is 11.6 Å². The molecule has 1 aliphatic heterocycles. The molecule has 0 radical (unpaired) electrons. The molecule has 2 N–H and O–H groups in total. The maximum Gasteiger partial charge on any atom is 0.157 e. The van der Waals surface area contributed by atoms with Crippen LogP contribution in [0.3, 0.4) is 0 Å². The fourth-order valence-corrected chi connectivity index (χ4v) is 2.81. The van der Waals surface area contributed by atoms with E-state index in [9.17, 15) is 0 Å². The quantitative estimate of drug-likeness (QED) is 0.838. The highest BCUT2D eigenvalue weighted by molar-refractivity contribution is 6.32. The smallest absolute Gasteiger partial charge is 0.157 e. The molecule has 20 heavy (non-hydrogen) atoms. The fraction of sp³-hybridized carbons (Fsp3) is 0.500. The van der Waals surface area contributed by atoms with E-state index in [0.717, 1.165) is 43.3 Å². The highest BCUT2D eigenvalue weighted by Crippen LogP contribution is 2.33. The van der Waals surface area contributed by atoms with Crippen LogP contribution in [0.2, 0.25) is 5.15 Å². The van der Waals surface area contributed by atoms with Gasteiger partial charge in [-0.15, -0.1) is 0 Å². The molecule has 1 aliphatic rings. The van der Waals surface area contributed by atoms with E-state index in [-0.39, 0.29) is 0 Å².